The molecule has 1 N–H and O–H groups in total. The maximum absolute atomic E-state index is 4.90. The molecule has 114 valence electrons. The smallest absolute Gasteiger partial charge is 0.123 e. The van der Waals surface area contributed by atoms with Gasteiger partial charge in [-0.05, 0) is 31.4 Å². The van der Waals surface area contributed by atoms with Crippen molar-refractivity contribution in [1.82, 2.24) is 10.3 Å². The van der Waals surface area contributed by atoms with Gasteiger partial charge in [0.15, 0.2) is 0 Å². The number of benzene rings is 1. The van der Waals surface area contributed by atoms with Crippen LogP contribution in [0.25, 0.3) is 10.6 Å². The van der Waals surface area contributed by atoms with Crippen LogP contribution in [0.4, 0.5) is 0 Å². The minimum Gasteiger partial charge on any atom is -0.312 e. The van der Waals surface area contributed by atoms with Gasteiger partial charge in [0.05, 0.1) is 5.69 Å². The normalized spacial score (nSPS) is 11.6. The van der Waals surface area contributed by atoms with E-state index in [1.165, 1.54) is 21.7 Å². The summed E-state index contributed by atoms with van der Waals surface area (Å²) < 4.78 is 0. The molecule has 0 fully saturated rings. The van der Waals surface area contributed by atoms with Crippen LogP contribution in [0.5, 0.6) is 0 Å². The molecule has 0 bridgehead atoms. The summed E-state index contributed by atoms with van der Waals surface area (Å²) >= 11 is 1.83. The van der Waals surface area contributed by atoms with Crippen molar-refractivity contribution in [3.05, 3.63) is 40.4 Å². The third-order valence-corrected chi connectivity index (χ3v) is 4.50. The minimum absolute atomic E-state index is 0.468. The van der Waals surface area contributed by atoms with Crippen molar-refractivity contribution in [2.24, 2.45) is 5.92 Å². The van der Waals surface area contributed by atoms with Crippen LogP contribution in [0.3, 0.4) is 0 Å². The summed E-state index contributed by atoms with van der Waals surface area (Å²) in [6.45, 7) is 13.0. The second-order valence-corrected chi connectivity index (χ2v) is 7.46. The van der Waals surface area contributed by atoms with Crippen molar-refractivity contribution in [2.75, 3.05) is 6.54 Å². The monoisotopic (exact) mass is 302 g/mol. The summed E-state index contributed by atoms with van der Waals surface area (Å²) in [5.74, 6) is 1.15. The van der Waals surface area contributed by atoms with Crippen LogP contribution < -0.4 is 5.32 Å². The molecular weight excluding hydrogens is 276 g/mol. The fourth-order valence-corrected chi connectivity index (χ4v) is 3.50. The lowest BCUT2D eigenvalue weighted by Crippen LogP contribution is -2.19. The highest BCUT2D eigenvalue weighted by molar-refractivity contribution is 7.15. The number of hydrogen-bond donors (Lipinski definition) is 1. The van der Waals surface area contributed by atoms with Gasteiger partial charge in [0.1, 0.15) is 5.01 Å². The summed E-state index contributed by atoms with van der Waals surface area (Å²) in [6.07, 6.45) is 0. The van der Waals surface area contributed by atoms with Gasteiger partial charge < -0.3 is 5.32 Å². The van der Waals surface area contributed by atoms with Gasteiger partial charge >= 0.3 is 0 Å². The number of rotatable bonds is 6. The molecule has 1 heterocycles. The Balaban J connectivity index is 2.24. The molecule has 3 heteroatoms. The molecule has 0 radical (unpaired) electrons. The molecule has 2 rings (SSSR count). The molecule has 1 aromatic carbocycles. The summed E-state index contributed by atoms with van der Waals surface area (Å²) in [5, 5.41) is 4.69. The van der Waals surface area contributed by atoms with Gasteiger partial charge in [-0.2, -0.15) is 0 Å². The second kappa shape index (κ2) is 7.19. The summed E-state index contributed by atoms with van der Waals surface area (Å²) in [6, 6.07) is 8.61. The molecule has 2 aromatic rings. The second-order valence-electron chi connectivity index (χ2n) is 6.38. The van der Waals surface area contributed by atoms with Crippen LogP contribution >= 0.6 is 11.3 Å². The molecule has 0 spiro atoms. The first-order valence-electron chi connectivity index (χ1n) is 7.74. The van der Waals surface area contributed by atoms with Gasteiger partial charge in [0.2, 0.25) is 0 Å². The lowest BCUT2D eigenvalue weighted by molar-refractivity contribution is 0.552. The van der Waals surface area contributed by atoms with Crippen LogP contribution in [0.1, 0.15) is 49.7 Å². The number of hydrogen-bond acceptors (Lipinski definition) is 3. The molecule has 0 aliphatic heterocycles. The highest BCUT2D eigenvalue weighted by atomic mass is 32.1. The van der Waals surface area contributed by atoms with Gasteiger partial charge in [-0.3, -0.25) is 0 Å². The average molecular weight is 302 g/mol. The standard InChI is InChI=1S/C18H26N2S/c1-12(2)10-19-11-16-17(13(3)4)20-18(21-16)15-8-6-7-14(5)9-15/h6-9,12-13,19H,10-11H2,1-5H3. The van der Waals surface area contributed by atoms with Crippen LogP contribution in [0.2, 0.25) is 0 Å². The predicted molar refractivity (Wildman–Crippen MR) is 92.9 cm³/mol. The Labute approximate surface area is 132 Å². The Bertz CT molecular complexity index is 585. The molecule has 0 atom stereocenters. The van der Waals surface area contributed by atoms with Gasteiger partial charge in [0, 0.05) is 17.0 Å². The van der Waals surface area contributed by atoms with E-state index in [1.54, 1.807) is 0 Å². The van der Waals surface area contributed by atoms with E-state index < -0.39 is 0 Å². The summed E-state index contributed by atoms with van der Waals surface area (Å²) in [5.41, 5.74) is 3.76. The van der Waals surface area contributed by atoms with E-state index in [-0.39, 0.29) is 0 Å². The van der Waals surface area contributed by atoms with Crippen LogP contribution in [0.15, 0.2) is 24.3 Å². The van der Waals surface area contributed by atoms with Crippen molar-refractivity contribution >= 4 is 11.3 Å². The Hall–Kier alpha value is -1.19. The molecule has 1 aromatic heterocycles. The van der Waals surface area contributed by atoms with Crippen LogP contribution in [-0.2, 0) is 6.54 Å². The Morgan fingerprint density at radius 3 is 2.57 bits per heavy atom. The number of thiazole rings is 1. The largest absolute Gasteiger partial charge is 0.312 e. The van der Waals surface area contributed by atoms with Crippen molar-refractivity contribution in [3.8, 4) is 10.6 Å². The Morgan fingerprint density at radius 2 is 1.95 bits per heavy atom. The molecule has 0 unspecified atom stereocenters. The van der Waals surface area contributed by atoms with Crippen molar-refractivity contribution < 1.29 is 0 Å². The predicted octanol–water partition coefficient (Wildman–Crippen LogP) is 4.99. The Morgan fingerprint density at radius 1 is 1.19 bits per heavy atom. The fourth-order valence-electron chi connectivity index (χ4n) is 2.32. The zero-order chi connectivity index (χ0) is 15.4. The van der Waals surface area contributed by atoms with Gasteiger partial charge in [-0.1, -0.05) is 51.5 Å². The van der Waals surface area contributed by atoms with Crippen LogP contribution in [0, 0.1) is 12.8 Å². The molecule has 0 amide bonds. The van der Waals surface area contributed by atoms with Crippen molar-refractivity contribution in [2.45, 2.75) is 47.1 Å². The summed E-state index contributed by atoms with van der Waals surface area (Å²) in [7, 11) is 0. The molecule has 0 saturated carbocycles. The molecule has 0 aliphatic rings. The van der Waals surface area contributed by atoms with E-state index in [0.717, 1.165) is 18.1 Å². The highest BCUT2D eigenvalue weighted by Crippen LogP contribution is 2.32. The minimum atomic E-state index is 0.468. The molecular formula is C18H26N2S. The van der Waals surface area contributed by atoms with Gasteiger partial charge in [-0.15, -0.1) is 11.3 Å². The average Bonchev–Trinajstić information content (AvgIpc) is 2.82. The lowest BCUT2D eigenvalue weighted by atomic mass is 10.1. The summed E-state index contributed by atoms with van der Waals surface area (Å²) in [4.78, 5) is 6.27. The number of nitrogens with zero attached hydrogens (tertiary/aromatic N) is 1. The first-order valence-corrected chi connectivity index (χ1v) is 8.56. The van der Waals surface area contributed by atoms with E-state index in [2.05, 4.69) is 64.2 Å². The lowest BCUT2D eigenvalue weighted by Gasteiger charge is -2.08. The van der Waals surface area contributed by atoms with E-state index in [1.807, 2.05) is 11.3 Å². The molecule has 2 nitrogen and oxygen atoms in total. The van der Waals surface area contributed by atoms with E-state index in [9.17, 15) is 0 Å². The van der Waals surface area contributed by atoms with Crippen LogP contribution in [-0.4, -0.2) is 11.5 Å². The SMILES string of the molecule is Cc1cccc(-c2nc(C(C)C)c(CNCC(C)C)s2)c1. The van der Waals surface area contributed by atoms with Crippen molar-refractivity contribution in [1.29, 1.82) is 0 Å². The van der Waals surface area contributed by atoms with E-state index >= 15 is 0 Å². The zero-order valence-corrected chi connectivity index (χ0v) is 14.6. The van der Waals surface area contributed by atoms with E-state index in [0.29, 0.717) is 11.8 Å². The maximum atomic E-state index is 4.90. The topological polar surface area (TPSA) is 24.9 Å². The number of aryl methyl sites for hydroxylation is 1. The first-order chi connectivity index (χ1) is 9.97. The third-order valence-electron chi connectivity index (χ3n) is 3.38. The van der Waals surface area contributed by atoms with Gasteiger partial charge in [-0.25, -0.2) is 4.98 Å². The highest BCUT2D eigenvalue weighted by Gasteiger charge is 2.15. The number of aromatic nitrogens is 1. The first kappa shape index (κ1) is 16.2. The third kappa shape index (κ3) is 4.39. The van der Waals surface area contributed by atoms with Gasteiger partial charge in [0.25, 0.3) is 0 Å². The zero-order valence-electron chi connectivity index (χ0n) is 13.7. The fraction of sp³-hybridized carbons (Fsp3) is 0.500. The molecule has 0 aliphatic carbocycles. The van der Waals surface area contributed by atoms with E-state index in [4.69, 9.17) is 4.98 Å². The quantitative estimate of drug-likeness (QED) is 0.813. The molecule has 21 heavy (non-hydrogen) atoms. The van der Waals surface area contributed by atoms with Crippen molar-refractivity contribution in [3.63, 3.8) is 0 Å². The molecule has 0 saturated heterocycles. The maximum Gasteiger partial charge on any atom is 0.123 e. The Kier molecular flexibility index (Phi) is 5.54. The number of nitrogens with one attached hydrogen (secondary N) is 1.